The Kier molecular flexibility index (Phi) is 3.24. The summed E-state index contributed by atoms with van der Waals surface area (Å²) in [6, 6.07) is 0.469. The normalized spacial score (nSPS) is 15.1. The maximum absolute atomic E-state index is 12.1. The number of aryl methyl sites for hydroxylation is 1. The molecule has 5 nitrogen and oxygen atoms in total. The van der Waals surface area contributed by atoms with Gasteiger partial charge in [-0.15, -0.1) is 0 Å². The highest BCUT2D eigenvalue weighted by Crippen LogP contribution is 2.28. The van der Waals surface area contributed by atoms with Crippen LogP contribution in [0.3, 0.4) is 0 Å². The molecule has 2 rings (SSSR count). The highest BCUT2D eigenvalue weighted by molar-refractivity contribution is 5.39. The largest absolute Gasteiger partial charge is 0.348 e. The van der Waals surface area contributed by atoms with Crippen molar-refractivity contribution in [1.29, 1.82) is 0 Å². The van der Waals surface area contributed by atoms with Crippen molar-refractivity contribution < 1.29 is 0 Å². The number of nitrogens with two attached hydrogens (primary N) is 1. The van der Waals surface area contributed by atoms with E-state index in [1.165, 1.54) is 0 Å². The molecule has 1 aromatic heterocycles. The smallest absolute Gasteiger partial charge is 0.293 e. The van der Waals surface area contributed by atoms with Gasteiger partial charge in [0.25, 0.3) is 5.56 Å². The van der Waals surface area contributed by atoms with Gasteiger partial charge in [0.2, 0.25) is 0 Å². The summed E-state index contributed by atoms with van der Waals surface area (Å²) >= 11 is 0. The van der Waals surface area contributed by atoms with Gasteiger partial charge >= 0.3 is 0 Å². The second kappa shape index (κ2) is 4.65. The summed E-state index contributed by atoms with van der Waals surface area (Å²) < 4.78 is 1.67. The van der Waals surface area contributed by atoms with Crippen molar-refractivity contribution >= 4 is 5.82 Å². The van der Waals surface area contributed by atoms with Crippen LogP contribution in [0.25, 0.3) is 0 Å². The lowest BCUT2D eigenvalue weighted by molar-refractivity contribution is 0.692. The fourth-order valence-electron chi connectivity index (χ4n) is 1.87. The topological polar surface area (TPSA) is 64.2 Å². The molecule has 0 bridgehead atoms. The van der Waals surface area contributed by atoms with Gasteiger partial charge in [0.1, 0.15) is 0 Å². The molecule has 0 atom stereocenters. The predicted octanol–water partition coefficient (Wildman–Crippen LogP) is 0.191. The molecule has 0 aliphatic heterocycles. The molecule has 1 aliphatic rings. The van der Waals surface area contributed by atoms with Crippen molar-refractivity contribution in [2.45, 2.75) is 32.4 Å². The first-order valence-electron chi connectivity index (χ1n) is 5.80. The van der Waals surface area contributed by atoms with Crippen molar-refractivity contribution in [2.24, 2.45) is 5.73 Å². The molecular formula is C11H18N4O. The highest BCUT2D eigenvalue weighted by Gasteiger charge is 2.31. The van der Waals surface area contributed by atoms with Crippen molar-refractivity contribution in [3.05, 3.63) is 22.7 Å². The Labute approximate surface area is 94.9 Å². The van der Waals surface area contributed by atoms with Crippen LogP contribution in [0.15, 0.2) is 17.2 Å². The number of hydrogen-bond donors (Lipinski definition) is 1. The maximum Gasteiger partial charge on any atom is 0.293 e. The fraction of sp³-hybridized carbons (Fsp3) is 0.636. The van der Waals surface area contributed by atoms with E-state index in [9.17, 15) is 4.79 Å². The molecule has 0 radical (unpaired) electrons. The van der Waals surface area contributed by atoms with Crippen LogP contribution in [0.5, 0.6) is 0 Å². The van der Waals surface area contributed by atoms with Gasteiger partial charge in [0, 0.05) is 38.1 Å². The van der Waals surface area contributed by atoms with Gasteiger partial charge in [-0.1, -0.05) is 0 Å². The molecule has 16 heavy (non-hydrogen) atoms. The highest BCUT2D eigenvalue weighted by atomic mass is 16.1. The Morgan fingerprint density at radius 3 is 2.94 bits per heavy atom. The molecule has 0 saturated heterocycles. The number of anilines is 1. The quantitative estimate of drug-likeness (QED) is 0.772. The molecule has 5 heteroatoms. The van der Waals surface area contributed by atoms with Crippen molar-refractivity contribution in [3.63, 3.8) is 0 Å². The summed E-state index contributed by atoms with van der Waals surface area (Å²) in [6.45, 7) is 3.89. The van der Waals surface area contributed by atoms with E-state index in [0.717, 1.165) is 12.8 Å². The monoisotopic (exact) mass is 222 g/mol. The minimum absolute atomic E-state index is 0.00894. The maximum atomic E-state index is 12.1. The lowest BCUT2D eigenvalue weighted by atomic mass is 10.4. The van der Waals surface area contributed by atoms with Crippen molar-refractivity contribution in [3.8, 4) is 0 Å². The van der Waals surface area contributed by atoms with E-state index in [0.29, 0.717) is 31.5 Å². The van der Waals surface area contributed by atoms with E-state index < -0.39 is 0 Å². The van der Waals surface area contributed by atoms with Crippen LogP contribution in [0, 0.1) is 0 Å². The molecule has 0 aromatic carbocycles. The zero-order valence-electron chi connectivity index (χ0n) is 9.59. The number of hydrogen-bond acceptors (Lipinski definition) is 4. The molecule has 1 saturated carbocycles. The van der Waals surface area contributed by atoms with Crippen LogP contribution in [0.2, 0.25) is 0 Å². The average molecular weight is 222 g/mol. The van der Waals surface area contributed by atoms with Crippen LogP contribution < -0.4 is 16.2 Å². The summed E-state index contributed by atoms with van der Waals surface area (Å²) in [5.74, 6) is 0.553. The molecule has 88 valence electrons. The number of rotatable bonds is 5. The molecule has 0 unspecified atom stereocenters. The van der Waals surface area contributed by atoms with Gasteiger partial charge in [-0.2, -0.15) is 0 Å². The second-order valence-electron chi connectivity index (χ2n) is 4.06. The lowest BCUT2D eigenvalue weighted by Gasteiger charge is -2.22. The van der Waals surface area contributed by atoms with Gasteiger partial charge in [-0.25, -0.2) is 4.98 Å². The van der Waals surface area contributed by atoms with Gasteiger partial charge in [0.05, 0.1) is 0 Å². The summed E-state index contributed by atoms with van der Waals surface area (Å²) in [5, 5.41) is 0. The third-order valence-corrected chi connectivity index (χ3v) is 2.87. The van der Waals surface area contributed by atoms with Gasteiger partial charge in [-0.05, 0) is 19.8 Å². The molecule has 0 spiro atoms. The standard InChI is InChI=1S/C11H18N4O/c1-2-14-8-6-13-10(11(14)16)15(7-5-12)9-3-4-9/h6,8-9H,2-5,7,12H2,1H3. The molecule has 1 aromatic rings. The van der Waals surface area contributed by atoms with Crippen LogP contribution in [-0.2, 0) is 6.54 Å². The number of aromatic nitrogens is 2. The van der Waals surface area contributed by atoms with Crippen molar-refractivity contribution in [1.82, 2.24) is 9.55 Å². The molecular weight excluding hydrogens is 204 g/mol. The van der Waals surface area contributed by atoms with E-state index in [-0.39, 0.29) is 5.56 Å². The van der Waals surface area contributed by atoms with Crippen LogP contribution in [0.1, 0.15) is 19.8 Å². The summed E-state index contributed by atoms with van der Waals surface area (Å²) in [5.41, 5.74) is 5.57. The Balaban J connectivity index is 2.33. The van der Waals surface area contributed by atoms with Crippen LogP contribution in [-0.4, -0.2) is 28.7 Å². The Morgan fingerprint density at radius 1 is 1.62 bits per heavy atom. The zero-order chi connectivity index (χ0) is 11.5. The van der Waals surface area contributed by atoms with E-state index in [2.05, 4.69) is 9.88 Å². The Morgan fingerprint density at radius 2 is 2.38 bits per heavy atom. The van der Waals surface area contributed by atoms with E-state index >= 15 is 0 Å². The molecule has 1 aliphatic carbocycles. The zero-order valence-corrected chi connectivity index (χ0v) is 9.59. The van der Waals surface area contributed by atoms with Crippen LogP contribution >= 0.6 is 0 Å². The van der Waals surface area contributed by atoms with E-state index in [1.807, 2.05) is 6.92 Å². The fourth-order valence-corrected chi connectivity index (χ4v) is 1.87. The molecule has 0 amide bonds. The van der Waals surface area contributed by atoms with Gasteiger partial charge in [-0.3, -0.25) is 4.79 Å². The minimum Gasteiger partial charge on any atom is -0.348 e. The Hall–Kier alpha value is -1.36. The molecule has 1 fully saturated rings. The average Bonchev–Trinajstić information content (AvgIpc) is 3.11. The Bertz CT molecular complexity index is 411. The van der Waals surface area contributed by atoms with Crippen LogP contribution in [0.4, 0.5) is 5.82 Å². The van der Waals surface area contributed by atoms with Gasteiger partial charge in [0.15, 0.2) is 5.82 Å². The SMILES string of the molecule is CCn1ccnc(N(CCN)C2CC2)c1=O. The first-order chi connectivity index (χ1) is 7.77. The minimum atomic E-state index is -0.00894. The van der Waals surface area contributed by atoms with E-state index in [4.69, 9.17) is 5.73 Å². The predicted molar refractivity (Wildman–Crippen MR) is 63.6 cm³/mol. The summed E-state index contributed by atoms with van der Waals surface area (Å²) in [6.07, 6.45) is 5.69. The molecule has 2 N–H and O–H groups in total. The number of nitrogens with zero attached hydrogens (tertiary/aromatic N) is 3. The first kappa shape index (κ1) is 11.1. The first-order valence-corrected chi connectivity index (χ1v) is 5.80. The summed E-state index contributed by atoms with van der Waals surface area (Å²) in [4.78, 5) is 18.3. The van der Waals surface area contributed by atoms with E-state index in [1.54, 1.807) is 17.0 Å². The lowest BCUT2D eigenvalue weighted by Crippen LogP contribution is -2.38. The van der Waals surface area contributed by atoms with Crippen molar-refractivity contribution in [2.75, 3.05) is 18.0 Å². The summed E-state index contributed by atoms with van der Waals surface area (Å²) in [7, 11) is 0. The van der Waals surface area contributed by atoms with Gasteiger partial charge < -0.3 is 15.2 Å². The second-order valence-corrected chi connectivity index (χ2v) is 4.06. The third kappa shape index (κ3) is 2.09. The third-order valence-electron chi connectivity index (χ3n) is 2.87. The molecule has 1 heterocycles.